The lowest BCUT2D eigenvalue weighted by Gasteiger charge is -2.17. The highest BCUT2D eigenvalue weighted by atomic mass is 16.5. The summed E-state index contributed by atoms with van der Waals surface area (Å²) >= 11 is 0. The number of ether oxygens (including phenoxy) is 2. The molecule has 0 spiro atoms. The fourth-order valence-corrected chi connectivity index (χ4v) is 1.78. The molecule has 0 radical (unpaired) electrons. The Kier molecular flexibility index (Phi) is 4.19. The number of hydrogen-bond acceptors (Lipinski definition) is 5. The van der Waals surface area contributed by atoms with Crippen molar-refractivity contribution in [2.75, 3.05) is 21.3 Å². The van der Waals surface area contributed by atoms with Crippen LogP contribution in [0, 0.1) is 0 Å². The number of methoxy groups -OCH3 is 2. The molecule has 0 aliphatic carbocycles. The minimum atomic E-state index is -0.166. The van der Waals surface area contributed by atoms with Gasteiger partial charge >= 0.3 is 0 Å². The number of carbonyl (C=O) groups excluding carboxylic acids is 1. The molecule has 1 aromatic heterocycles. The number of rotatable bonds is 5. The molecule has 7 nitrogen and oxygen atoms in total. The van der Waals surface area contributed by atoms with Gasteiger partial charge in [-0.05, 0) is 12.1 Å². The maximum Gasteiger partial charge on any atom is 0.257 e. The Morgan fingerprint density at radius 1 is 1.35 bits per heavy atom. The van der Waals surface area contributed by atoms with Crippen LogP contribution in [-0.4, -0.2) is 47.3 Å². The van der Waals surface area contributed by atoms with E-state index < -0.39 is 0 Å². The topological polar surface area (TPSA) is 80.3 Å². The van der Waals surface area contributed by atoms with Crippen LogP contribution in [0.5, 0.6) is 11.5 Å². The minimum absolute atomic E-state index is 0.166. The summed E-state index contributed by atoms with van der Waals surface area (Å²) in [6.07, 6.45) is 1.40. The molecule has 20 heavy (non-hydrogen) atoms. The van der Waals surface area contributed by atoms with E-state index in [1.807, 2.05) is 0 Å². The molecule has 1 heterocycles. The first-order valence-electron chi connectivity index (χ1n) is 5.97. The molecular formula is C13H16N4O3. The highest BCUT2D eigenvalue weighted by Crippen LogP contribution is 2.25. The first-order valence-corrected chi connectivity index (χ1v) is 5.97. The third-order valence-corrected chi connectivity index (χ3v) is 2.84. The first kappa shape index (κ1) is 13.9. The number of amides is 1. The largest absolute Gasteiger partial charge is 0.497 e. The predicted molar refractivity (Wildman–Crippen MR) is 71.7 cm³/mol. The molecule has 7 heteroatoms. The smallest absolute Gasteiger partial charge is 0.257 e. The van der Waals surface area contributed by atoms with E-state index in [2.05, 4.69) is 15.2 Å². The zero-order valence-corrected chi connectivity index (χ0v) is 11.6. The summed E-state index contributed by atoms with van der Waals surface area (Å²) < 4.78 is 10.3. The van der Waals surface area contributed by atoms with Crippen LogP contribution in [0.4, 0.5) is 0 Å². The molecule has 2 aromatic rings. The third kappa shape index (κ3) is 2.87. The van der Waals surface area contributed by atoms with Crippen LogP contribution in [-0.2, 0) is 6.54 Å². The molecule has 0 saturated carbocycles. The van der Waals surface area contributed by atoms with Crippen molar-refractivity contribution in [2.45, 2.75) is 6.54 Å². The van der Waals surface area contributed by atoms with Crippen molar-refractivity contribution in [2.24, 2.45) is 0 Å². The first-order chi connectivity index (χ1) is 9.65. The second kappa shape index (κ2) is 6.05. The van der Waals surface area contributed by atoms with Crippen molar-refractivity contribution in [1.29, 1.82) is 0 Å². The fourth-order valence-electron chi connectivity index (χ4n) is 1.78. The lowest BCUT2D eigenvalue weighted by atomic mass is 10.1. The Bertz CT molecular complexity index is 583. The molecule has 1 aromatic carbocycles. The van der Waals surface area contributed by atoms with Gasteiger partial charge in [-0.3, -0.25) is 9.89 Å². The minimum Gasteiger partial charge on any atom is -0.497 e. The summed E-state index contributed by atoms with van der Waals surface area (Å²) in [5.74, 6) is 1.56. The molecule has 0 bridgehead atoms. The summed E-state index contributed by atoms with van der Waals surface area (Å²) in [6, 6.07) is 5.07. The molecule has 0 atom stereocenters. The van der Waals surface area contributed by atoms with E-state index in [9.17, 15) is 4.79 Å². The number of nitrogens with zero attached hydrogens (tertiary/aromatic N) is 3. The van der Waals surface area contributed by atoms with Gasteiger partial charge in [-0.1, -0.05) is 0 Å². The van der Waals surface area contributed by atoms with Gasteiger partial charge in [-0.25, -0.2) is 4.98 Å². The molecule has 0 aliphatic rings. The van der Waals surface area contributed by atoms with Gasteiger partial charge in [0.25, 0.3) is 5.91 Å². The number of carbonyl (C=O) groups is 1. The normalized spacial score (nSPS) is 10.2. The van der Waals surface area contributed by atoms with E-state index in [1.54, 1.807) is 32.4 Å². The van der Waals surface area contributed by atoms with Crippen LogP contribution in [0.2, 0.25) is 0 Å². The highest BCUT2D eigenvalue weighted by molar-refractivity contribution is 5.97. The molecule has 0 fully saturated rings. The standard InChI is InChI=1S/C13H16N4O3/c1-17(7-12-14-8-15-16-12)13(18)10-5-4-9(19-2)6-11(10)20-3/h4-6,8H,7H2,1-3H3,(H,14,15,16). The van der Waals surface area contributed by atoms with E-state index in [1.165, 1.54) is 18.3 Å². The van der Waals surface area contributed by atoms with Crippen molar-refractivity contribution in [3.05, 3.63) is 35.9 Å². The van der Waals surface area contributed by atoms with E-state index in [0.717, 1.165) is 0 Å². The Balaban J connectivity index is 2.19. The number of aromatic amines is 1. The van der Waals surface area contributed by atoms with Gasteiger partial charge in [0.2, 0.25) is 0 Å². The van der Waals surface area contributed by atoms with Gasteiger partial charge in [0.1, 0.15) is 23.7 Å². The maximum atomic E-state index is 12.4. The summed E-state index contributed by atoms with van der Waals surface area (Å²) in [5, 5.41) is 6.46. The number of H-pyrrole nitrogens is 1. The SMILES string of the molecule is COc1ccc(C(=O)N(C)Cc2ncn[nH]2)c(OC)c1. The summed E-state index contributed by atoms with van der Waals surface area (Å²) in [4.78, 5) is 17.9. The zero-order chi connectivity index (χ0) is 14.5. The van der Waals surface area contributed by atoms with Crippen LogP contribution < -0.4 is 9.47 Å². The number of nitrogens with one attached hydrogen (secondary N) is 1. The van der Waals surface area contributed by atoms with Crippen LogP contribution in [0.3, 0.4) is 0 Å². The summed E-state index contributed by atoms with van der Waals surface area (Å²) in [7, 11) is 4.77. The Morgan fingerprint density at radius 2 is 2.15 bits per heavy atom. The van der Waals surface area contributed by atoms with Crippen LogP contribution in [0.1, 0.15) is 16.2 Å². The quantitative estimate of drug-likeness (QED) is 0.884. The van der Waals surface area contributed by atoms with Gasteiger partial charge in [0, 0.05) is 13.1 Å². The van der Waals surface area contributed by atoms with Crippen molar-refractivity contribution in [1.82, 2.24) is 20.1 Å². The van der Waals surface area contributed by atoms with Crippen LogP contribution >= 0.6 is 0 Å². The molecule has 106 valence electrons. The van der Waals surface area contributed by atoms with Gasteiger partial charge in [0.15, 0.2) is 0 Å². The highest BCUT2D eigenvalue weighted by Gasteiger charge is 2.18. The lowest BCUT2D eigenvalue weighted by molar-refractivity contribution is 0.0778. The van der Waals surface area contributed by atoms with Crippen LogP contribution in [0.25, 0.3) is 0 Å². The van der Waals surface area contributed by atoms with E-state index in [0.29, 0.717) is 29.4 Å². The zero-order valence-electron chi connectivity index (χ0n) is 11.6. The molecule has 0 aliphatic heterocycles. The number of hydrogen-bond donors (Lipinski definition) is 1. The molecule has 0 unspecified atom stereocenters. The number of benzene rings is 1. The predicted octanol–water partition coefficient (Wildman–Crippen LogP) is 1.09. The Morgan fingerprint density at radius 3 is 2.75 bits per heavy atom. The van der Waals surface area contributed by atoms with Gasteiger partial charge in [-0.2, -0.15) is 5.10 Å². The van der Waals surface area contributed by atoms with Gasteiger partial charge in [0.05, 0.1) is 26.3 Å². The van der Waals surface area contributed by atoms with E-state index in [-0.39, 0.29) is 5.91 Å². The molecule has 1 amide bonds. The fraction of sp³-hybridized carbons (Fsp3) is 0.308. The maximum absolute atomic E-state index is 12.4. The van der Waals surface area contributed by atoms with Gasteiger partial charge < -0.3 is 14.4 Å². The van der Waals surface area contributed by atoms with Crippen LogP contribution in [0.15, 0.2) is 24.5 Å². The van der Waals surface area contributed by atoms with Crippen molar-refractivity contribution < 1.29 is 14.3 Å². The van der Waals surface area contributed by atoms with Crippen molar-refractivity contribution >= 4 is 5.91 Å². The van der Waals surface area contributed by atoms with Gasteiger partial charge in [-0.15, -0.1) is 0 Å². The average molecular weight is 276 g/mol. The van der Waals surface area contributed by atoms with Crippen molar-refractivity contribution in [3.8, 4) is 11.5 Å². The molecule has 2 rings (SSSR count). The molecule has 0 saturated heterocycles. The monoisotopic (exact) mass is 276 g/mol. The Labute approximate surface area is 116 Å². The van der Waals surface area contributed by atoms with E-state index in [4.69, 9.17) is 9.47 Å². The molecule has 1 N–H and O–H groups in total. The molecular weight excluding hydrogens is 260 g/mol. The Hall–Kier alpha value is -2.57. The number of aromatic nitrogens is 3. The second-order valence-corrected chi connectivity index (χ2v) is 4.16. The lowest BCUT2D eigenvalue weighted by Crippen LogP contribution is -2.27. The van der Waals surface area contributed by atoms with E-state index >= 15 is 0 Å². The summed E-state index contributed by atoms with van der Waals surface area (Å²) in [6.45, 7) is 0.341. The van der Waals surface area contributed by atoms with Crippen molar-refractivity contribution in [3.63, 3.8) is 0 Å². The average Bonchev–Trinajstić information content (AvgIpc) is 2.98. The third-order valence-electron chi connectivity index (χ3n) is 2.84. The summed E-state index contributed by atoms with van der Waals surface area (Å²) in [5.41, 5.74) is 0.468. The second-order valence-electron chi connectivity index (χ2n) is 4.16.